The molecule has 15 nitrogen and oxygen atoms in total. The minimum Gasteiger partial charge on any atom is -0.456 e. The zero-order chi connectivity index (χ0) is 44.7. The van der Waals surface area contributed by atoms with Gasteiger partial charge in [0, 0.05) is 39.4 Å². The van der Waals surface area contributed by atoms with E-state index < -0.39 is 107 Å². The summed E-state index contributed by atoms with van der Waals surface area (Å²) < 4.78 is 42.6. The molecule has 6 rings (SSSR count). The predicted molar refractivity (Wildman–Crippen MR) is 218 cm³/mol. The fourth-order valence-electron chi connectivity index (χ4n) is 10.2. The van der Waals surface area contributed by atoms with Gasteiger partial charge < -0.3 is 53.5 Å². The summed E-state index contributed by atoms with van der Waals surface area (Å²) >= 11 is 0. The number of aliphatic hydroxyl groups is 2. The van der Waals surface area contributed by atoms with Crippen LogP contribution in [0.3, 0.4) is 0 Å². The topological polar surface area (TPSA) is 202 Å². The van der Waals surface area contributed by atoms with Gasteiger partial charge in [0.1, 0.15) is 35.8 Å². The molecule has 12 unspecified atom stereocenters. The number of methoxy groups -OCH3 is 2. The molecule has 2 saturated carbocycles. The van der Waals surface area contributed by atoms with Crippen molar-refractivity contribution in [1.82, 2.24) is 5.32 Å². The molecule has 3 aliphatic carbocycles. The van der Waals surface area contributed by atoms with Crippen LogP contribution in [0.5, 0.6) is 0 Å². The molecule has 61 heavy (non-hydrogen) atoms. The van der Waals surface area contributed by atoms with Crippen LogP contribution in [0.25, 0.3) is 0 Å². The van der Waals surface area contributed by atoms with Crippen molar-refractivity contribution >= 4 is 30.3 Å². The molecule has 0 spiro atoms. The van der Waals surface area contributed by atoms with Gasteiger partial charge in [0.05, 0.1) is 41.8 Å². The SMILES string of the molecule is C=CC1(C)C2=C(C)C(OC(=O)C(O)C(NC(=O)OC(C)(C)C)c3ccccc3)CC1(O)C(OC(=O)c1ccccc1)C1C(C=O)(CC2OC)C(OC)CC2OCC21OC(C)=O. The van der Waals surface area contributed by atoms with Crippen LogP contribution < -0.4 is 5.32 Å². The first-order chi connectivity index (χ1) is 28.8. The van der Waals surface area contributed by atoms with Crippen molar-refractivity contribution < 1.29 is 67.3 Å². The molecule has 1 aliphatic heterocycles. The van der Waals surface area contributed by atoms with E-state index in [4.69, 9.17) is 33.2 Å². The van der Waals surface area contributed by atoms with Gasteiger partial charge in [-0.05, 0) is 69.9 Å². The van der Waals surface area contributed by atoms with Crippen molar-refractivity contribution in [2.24, 2.45) is 16.7 Å². The second kappa shape index (κ2) is 17.1. The van der Waals surface area contributed by atoms with Gasteiger partial charge in [-0.25, -0.2) is 14.4 Å². The zero-order valence-electron chi connectivity index (χ0n) is 35.9. The number of ether oxygens (including phenoxy) is 7. The highest BCUT2D eigenvalue weighted by Gasteiger charge is 2.77. The van der Waals surface area contributed by atoms with Gasteiger partial charge in [0.2, 0.25) is 0 Å². The van der Waals surface area contributed by atoms with E-state index in [1.165, 1.54) is 39.4 Å². The van der Waals surface area contributed by atoms with Crippen molar-refractivity contribution in [2.45, 2.75) is 120 Å². The van der Waals surface area contributed by atoms with Gasteiger partial charge in [-0.3, -0.25) is 4.79 Å². The van der Waals surface area contributed by atoms with Crippen molar-refractivity contribution in [3.63, 3.8) is 0 Å². The lowest BCUT2D eigenvalue weighted by Gasteiger charge is -2.68. The van der Waals surface area contributed by atoms with Crippen LogP contribution in [0.15, 0.2) is 84.5 Å². The average molecular weight is 848 g/mol. The highest BCUT2D eigenvalue weighted by atomic mass is 16.6. The summed E-state index contributed by atoms with van der Waals surface area (Å²) in [5.41, 5.74) is -6.75. The van der Waals surface area contributed by atoms with E-state index in [0.29, 0.717) is 23.0 Å². The quantitative estimate of drug-likeness (QED) is 0.115. The van der Waals surface area contributed by atoms with Crippen LogP contribution in [-0.4, -0.2) is 115 Å². The number of aliphatic hydroxyl groups excluding tert-OH is 1. The van der Waals surface area contributed by atoms with E-state index >= 15 is 0 Å². The maximum atomic E-state index is 14.4. The Kier molecular flexibility index (Phi) is 12.8. The van der Waals surface area contributed by atoms with Crippen LogP contribution in [0, 0.1) is 16.7 Å². The van der Waals surface area contributed by atoms with E-state index in [1.54, 1.807) is 83.1 Å². The van der Waals surface area contributed by atoms with Gasteiger partial charge in [0.25, 0.3) is 0 Å². The van der Waals surface area contributed by atoms with Crippen molar-refractivity contribution in [3.8, 4) is 0 Å². The number of fused-ring (bicyclic) bond motifs is 5. The standard InChI is InChI=1S/C46H57NO14/c1-10-43(7)34-26(2)30(58-40(52)36(50)35(28-17-13-11-14-18-28)47-41(53)61-42(4,5)6)23-46(43,54)38(59-39(51)29-19-15-12-16-20-29)37-44(24-48,22-31(34)55-8)32(56-9)21-33-45(37,25-57-33)60-27(3)49/h10-20,24,30-33,35-38,50,54H,1,21-23,25H2,2-9H3,(H,47,53). The number of carbonyl (C=O) groups is 5. The molecule has 3 N–H and O–H groups in total. The fourth-order valence-corrected chi connectivity index (χ4v) is 10.2. The Morgan fingerprint density at radius 2 is 1.61 bits per heavy atom. The van der Waals surface area contributed by atoms with Gasteiger partial charge in [-0.1, -0.05) is 54.6 Å². The highest BCUT2D eigenvalue weighted by molar-refractivity contribution is 5.89. The van der Waals surface area contributed by atoms with Gasteiger partial charge in [0.15, 0.2) is 11.7 Å². The number of alkyl carbamates (subject to hydrolysis) is 1. The Morgan fingerprint density at radius 1 is 0.967 bits per heavy atom. The molecule has 12 atom stereocenters. The van der Waals surface area contributed by atoms with E-state index in [0.717, 1.165) is 0 Å². The average Bonchev–Trinajstić information content (AvgIpc) is 3.21. The number of rotatable bonds is 12. The number of carbonyl (C=O) groups excluding carboxylic acids is 5. The lowest BCUT2D eigenvalue weighted by Crippen LogP contribution is -2.81. The largest absolute Gasteiger partial charge is 0.456 e. The maximum Gasteiger partial charge on any atom is 0.408 e. The molecule has 3 fully saturated rings. The first-order valence-corrected chi connectivity index (χ1v) is 20.3. The normalized spacial score (nSPS) is 34.0. The van der Waals surface area contributed by atoms with Crippen LogP contribution in [0.2, 0.25) is 0 Å². The van der Waals surface area contributed by atoms with E-state index in [1.807, 2.05) is 0 Å². The van der Waals surface area contributed by atoms with Gasteiger partial charge in [-0.2, -0.15) is 0 Å². The Hall–Kier alpha value is -4.93. The third-order valence-corrected chi connectivity index (χ3v) is 13.1. The number of esters is 3. The summed E-state index contributed by atoms with van der Waals surface area (Å²) in [5, 5.41) is 28.1. The summed E-state index contributed by atoms with van der Waals surface area (Å²) in [6.45, 7) is 13.5. The van der Waals surface area contributed by atoms with Crippen LogP contribution >= 0.6 is 0 Å². The van der Waals surface area contributed by atoms with Gasteiger partial charge in [-0.15, -0.1) is 6.58 Å². The molecule has 1 amide bonds. The Bertz CT molecular complexity index is 2030. The number of benzene rings is 2. The zero-order valence-corrected chi connectivity index (χ0v) is 35.9. The molecular formula is C46H57NO14. The third kappa shape index (κ3) is 7.91. The second-order valence-corrected chi connectivity index (χ2v) is 17.7. The molecular weight excluding hydrogens is 790 g/mol. The monoisotopic (exact) mass is 847 g/mol. The second-order valence-electron chi connectivity index (χ2n) is 17.7. The summed E-state index contributed by atoms with van der Waals surface area (Å²) in [4.78, 5) is 68.8. The molecule has 0 radical (unpaired) electrons. The molecule has 2 aromatic rings. The molecule has 2 aromatic carbocycles. The minimum atomic E-state index is -2.32. The highest BCUT2D eigenvalue weighted by Crippen LogP contribution is 2.65. The fraction of sp³-hybridized carbons (Fsp3) is 0.543. The predicted octanol–water partition coefficient (Wildman–Crippen LogP) is 4.73. The molecule has 1 saturated heterocycles. The first kappa shape index (κ1) is 45.6. The van der Waals surface area contributed by atoms with E-state index in [-0.39, 0.29) is 25.0 Å². The Morgan fingerprint density at radius 3 is 2.13 bits per heavy atom. The summed E-state index contributed by atoms with van der Waals surface area (Å²) in [6.07, 6.45) is -6.96. The van der Waals surface area contributed by atoms with E-state index in [2.05, 4.69) is 11.9 Å². The number of aldehydes is 1. The Labute approximate surface area is 355 Å². The lowest BCUT2D eigenvalue weighted by atomic mass is 9.44. The molecule has 1 heterocycles. The summed E-state index contributed by atoms with van der Waals surface area (Å²) in [5.74, 6) is -4.06. The van der Waals surface area contributed by atoms with Crippen LogP contribution in [0.1, 0.15) is 82.8 Å². The first-order valence-electron chi connectivity index (χ1n) is 20.3. The number of nitrogens with one attached hydrogen (secondary N) is 1. The summed E-state index contributed by atoms with van der Waals surface area (Å²) in [6, 6.07) is 15.0. The molecule has 15 heteroatoms. The number of amides is 1. The lowest BCUT2D eigenvalue weighted by molar-refractivity contribution is -0.349. The summed E-state index contributed by atoms with van der Waals surface area (Å²) in [7, 11) is 2.87. The molecule has 0 aromatic heterocycles. The van der Waals surface area contributed by atoms with Crippen molar-refractivity contribution in [2.75, 3.05) is 20.8 Å². The van der Waals surface area contributed by atoms with Crippen LogP contribution in [-0.2, 0) is 47.5 Å². The number of hydrogen-bond donors (Lipinski definition) is 3. The van der Waals surface area contributed by atoms with Crippen molar-refractivity contribution in [3.05, 3.63) is 95.6 Å². The maximum absolute atomic E-state index is 14.4. The van der Waals surface area contributed by atoms with Crippen molar-refractivity contribution in [1.29, 1.82) is 0 Å². The van der Waals surface area contributed by atoms with E-state index in [9.17, 15) is 34.2 Å². The Balaban J connectivity index is 1.54. The van der Waals surface area contributed by atoms with Crippen LogP contribution in [0.4, 0.5) is 4.79 Å². The minimum absolute atomic E-state index is 0.113. The smallest absolute Gasteiger partial charge is 0.408 e. The number of hydrogen-bond acceptors (Lipinski definition) is 14. The molecule has 2 bridgehead atoms. The molecule has 330 valence electrons. The van der Waals surface area contributed by atoms with Gasteiger partial charge >= 0.3 is 24.0 Å². The molecule has 4 aliphatic rings. The third-order valence-electron chi connectivity index (χ3n) is 13.1.